The van der Waals surface area contributed by atoms with Gasteiger partial charge in [0.05, 0.1) is 11.4 Å². The number of nitrogens with one attached hydrogen (secondary N) is 1. The summed E-state index contributed by atoms with van der Waals surface area (Å²) in [4.78, 5) is 0. The summed E-state index contributed by atoms with van der Waals surface area (Å²) >= 11 is 0. The molecule has 1 aliphatic rings. The fourth-order valence-corrected chi connectivity index (χ4v) is 4.42. The monoisotopic (exact) mass is 337 g/mol. The molecule has 0 aliphatic carbocycles. The van der Waals surface area contributed by atoms with E-state index in [0.717, 1.165) is 5.56 Å². The Morgan fingerprint density at radius 2 is 1.74 bits per heavy atom. The molecule has 0 bridgehead atoms. The van der Waals surface area contributed by atoms with Crippen LogP contribution >= 0.6 is 11.0 Å². The molecule has 0 radical (unpaired) electrons. The highest BCUT2D eigenvalue weighted by atomic mass is 32.3. The standard InChI is InChI=1S/C16H20FN3O2S/c1-18-10-11-19-12-13-6-2-4-8-15(13)20(23(19,21)22)16-9-5-3-7-14(16)17/h2-9,18,21-22H,10-12H2,1H3. The summed E-state index contributed by atoms with van der Waals surface area (Å²) in [7, 11) is -1.54. The molecule has 124 valence electrons. The Balaban J connectivity index is 2.12. The quantitative estimate of drug-likeness (QED) is 0.796. The van der Waals surface area contributed by atoms with Crippen LogP contribution in [0, 0.1) is 5.82 Å². The van der Waals surface area contributed by atoms with E-state index in [1.165, 1.54) is 10.4 Å². The summed E-state index contributed by atoms with van der Waals surface area (Å²) in [6.07, 6.45) is 0. The lowest BCUT2D eigenvalue weighted by Crippen LogP contribution is -2.43. The van der Waals surface area contributed by atoms with Gasteiger partial charge in [0.25, 0.3) is 0 Å². The van der Waals surface area contributed by atoms with Crippen LogP contribution < -0.4 is 9.62 Å². The summed E-state index contributed by atoms with van der Waals surface area (Å²) in [6.45, 7) is 1.45. The van der Waals surface area contributed by atoms with E-state index in [1.807, 2.05) is 18.2 Å². The molecule has 0 fully saturated rings. The smallest absolute Gasteiger partial charge is 0.148 e. The van der Waals surface area contributed by atoms with Crippen LogP contribution in [-0.4, -0.2) is 33.5 Å². The SMILES string of the molecule is CNCCN1Cc2ccccc2N(c2ccccc2F)S1(O)O. The fraction of sp³-hybridized carbons (Fsp3) is 0.250. The normalized spacial score (nSPS) is 18.5. The molecule has 23 heavy (non-hydrogen) atoms. The first-order chi connectivity index (χ1) is 11.1. The number of halogens is 1. The van der Waals surface area contributed by atoms with Gasteiger partial charge in [-0.3, -0.25) is 9.11 Å². The second-order valence-corrected chi connectivity index (χ2v) is 7.19. The topological polar surface area (TPSA) is 59.0 Å². The number of hydrogen-bond donors (Lipinski definition) is 3. The molecule has 1 aliphatic heterocycles. The number of para-hydroxylation sites is 2. The van der Waals surface area contributed by atoms with Crippen LogP contribution in [0.15, 0.2) is 48.5 Å². The Morgan fingerprint density at radius 3 is 2.43 bits per heavy atom. The van der Waals surface area contributed by atoms with Crippen LogP contribution in [0.4, 0.5) is 15.8 Å². The molecule has 2 aromatic carbocycles. The maximum Gasteiger partial charge on any atom is 0.148 e. The predicted octanol–water partition coefficient (Wildman–Crippen LogP) is 3.58. The van der Waals surface area contributed by atoms with Crippen LogP contribution in [0.1, 0.15) is 5.56 Å². The predicted molar refractivity (Wildman–Crippen MR) is 92.2 cm³/mol. The number of fused-ring (bicyclic) bond motifs is 1. The van der Waals surface area contributed by atoms with E-state index in [2.05, 4.69) is 5.32 Å². The van der Waals surface area contributed by atoms with Crippen molar-refractivity contribution in [3.8, 4) is 0 Å². The number of likely N-dealkylation sites (N-methyl/N-ethyl adjacent to an activating group) is 1. The Kier molecular flexibility index (Phi) is 4.56. The molecule has 0 spiro atoms. The second-order valence-electron chi connectivity index (χ2n) is 5.33. The summed E-state index contributed by atoms with van der Waals surface area (Å²) in [5.74, 6) is -0.488. The lowest BCUT2D eigenvalue weighted by molar-refractivity contribution is 0.335. The number of nitrogens with zero attached hydrogens (tertiary/aromatic N) is 2. The van der Waals surface area contributed by atoms with Crippen molar-refractivity contribution in [2.24, 2.45) is 0 Å². The molecule has 0 unspecified atom stereocenters. The van der Waals surface area contributed by atoms with Crippen LogP contribution in [0.5, 0.6) is 0 Å². The number of rotatable bonds is 4. The van der Waals surface area contributed by atoms with Crippen LogP contribution in [0.25, 0.3) is 0 Å². The van der Waals surface area contributed by atoms with Crippen LogP contribution in [0.3, 0.4) is 0 Å². The van der Waals surface area contributed by atoms with Gasteiger partial charge in [0, 0.05) is 19.6 Å². The van der Waals surface area contributed by atoms with Crippen molar-refractivity contribution in [3.63, 3.8) is 0 Å². The minimum atomic E-state index is -3.34. The number of hydrogen-bond acceptors (Lipinski definition) is 5. The molecule has 1 heterocycles. The van der Waals surface area contributed by atoms with Gasteiger partial charge in [-0.15, -0.1) is 0 Å². The van der Waals surface area contributed by atoms with Crippen molar-refractivity contribution in [3.05, 3.63) is 59.9 Å². The van der Waals surface area contributed by atoms with E-state index in [-0.39, 0.29) is 5.69 Å². The van der Waals surface area contributed by atoms with Crippen molar-refractivity contribution in [1.82, 2.24) is 9.62 Å². The van der Waals surface area contributed by atoms with Gasteiger partial charge in [-0.1, -0.05) is 30.3 Å². The van der Waals surface area contributed by atoms with Crippen molar-refractivity contribution in [2.75, 3.05) is 24.4 Å². The molecule has 0 aromatic heterocycles. The van der Waals surface area contributed by atoms with E-state index in [0.29, 0.717) is 25.3 Å². The molecule has 7 heteroatoms. The molecule has 5 nitrogen and oxygen atoms in total. The molecular weight excluding hydrogens is 317 g/mol. The Labute approximate surface area is 137 Å². The third-order valence-electron chi connectivity index (χ3n) is 3.83. The molecule has 0 saturated carbocycles. The molecular formula is C16H20FN3O2S. The largest absolute Gasteiger partial charge is 0.318 e. The first-order valence-corrected chi connectivity index (χ1v) is 8.82. The first kappa shape index (κ1) is 16.2. The average Bonchev–Trinajstić information content (AvgIpc) is 2.54. The van der Waals surface area contributed by atoms with Gasteiger partial charge in [-0.25, -0.2) is 8.70 Å². The van der Waals surface area contributed by atoms with Crippen molar-refractivity contribution in [2.45, 2.75) is 6.54 Å². The molecule has 3 N–H and O–H groups in total. The van der Waals surface area contributed by atoms with Gasteiger partial charge in [-0.2, -0.15) is 4.31 Å². The average molecular weight is 337 g/mol. The Bertz CT molecular complexity index is 699. The van der Waals surface area contributed by atoms with Gasteiger partial charge in [0.1, 0.15) is 5.82 Å². The zero-order chi connectivity index (χ0) is 16.4. The van der Waals surface area contributed by atoms with E-state index in [1.54, 1.807) is 35.6 Å². The van der Waals surface area contributed by atoms with Gasteiger partial charge in [0.15, 0.2) is 0 Å². The van der Waals surface area contributed by atoms with Gasteiger partial charge in [0.2, 0.25) is 0 Å². The zero-order valence-corrected chi connectivity index (χ0v) is 13.6. The lowest BCUT2D eigenvalue weighted by Gasteiger charge is -2.53. The maximum atomic E-state index is 14.3. The summed E-state index contributed by atoms with van der Waals surface area (Å²) in [5, 5.41) is 3.00. The third kappa shape index (κ3) is 2.93. The van der Waals surface area contributed by atoms with Gasteiger partial charge >= 0.3 is 0 Å². The minimum absolute atomic E-state index is 0.161. The Hall–Kier alpha value is -1.64. The van der Waals surface area contributed by atoms with E-state index < -0.39 is 16.8 Å². The van der Waals surface area contributed by atoms with Crippen LogP contribution in [0.2, 0.25) is 0 Å². The van der Waals surface area contributed by atoms with Gasteiger partial charge in [-0.05, 0) is 41.8 Å². The molecule has 0 amide bonds. The molecule has 0 saturated heterocycles. The Morgan fingerprint density at radius 1 is 1.09 bits per heavy atom. The summed E-state index contributed by atoms with van der Waals surface area (Å²) in [5.41, 5.74) is 1.71. The second kappa shape index (κ2) is 6.46. The van der Waals surface area contributed by atoms with Crippen molar-refractivity contribution in [1.29, 1.82) is 0 Å². The number of benzene rings is 2. The third-order valence-corrected chi connectivity index (χ3v) is 5.72. The minimum Gasteiger partial charge on any atom is -0.318 e. The summed E-state index contributed by atoms with van der Waals surface area (Å²) < 4.78 is 38.9. The van der Waals surface area contributed by atoms with Crippen molar-refractivity contribution < 1.29 is 13.5 Å². The highest BCUT2D eigenvalue weighted by molar-refractivity contribution is 8.23. The van der Waals surface area contributed by atoms with Gasteiger partial charge < -0.3 is 5.32 Å². The molecule has 0 atom stereocenters. The highest BCUT2D eigenvalue weighted by Crippen LogP contribution is 2.58. The summed E-state index contributed by atoms with van der Waals surface area (Å²) in [6, 6.07) is 13.6. The molecule has 3 rings (SSSR count). The lowest BCUT2D eigenvalue weighted by atomic mass is 10.1. The van der Waals surface area contributed by atoms with E-state index in [9.17, 15) is 13.5 Å². The number of anilines is 2. The van der Waals surface area contributed by atoms with E-state index in [4.69, 9.17) is 0 Å². The highest BCUT2D eigenvalue weighted by Gasteiger charge is 2.38. The van der Waals surface area contributed by atoms with Crippen molar-refractivity contribution >= 4 is 22.3 Å². The van der Waals surface area contributed by atoms with Crippen LogP contribution in [-0.2, 0) is 6.54 Å². The maximum absolute atomic E-state index is 14.3. The van der Waals surface area contributed by atoms with E-state index >= 15 is 0 Å². The molecule has 2 aromatic rings. The zero-order valence-electron chi connectivity index (χ0n) is 12.8. The fourth-order valence-electron chi connectivity index (χ4n) is 2.68. The first-order valence-electron chi connectivity index (χ1n) is 7.36.